The molecule has 1 unspecified atom stereocenters. The zero-order valence-corrected chi connectivity index (χ0v) is 20.6. The molecule has 31 heavy (non-hydrogen) atoms. The lowest BCUT2D eigenvalue weighted by atomic mass is 9.88. The number of nitrogens with zero attached hydrogens (tertiary/aromatic N) is 2. The summed E-state index contributed by atoms with van der Waals surface area (Å²) in [6, 6.07) is 0.509. The van der Waals surface area contributed by atoms with Crippen LogP contribution < -0.4 is 5.32 Å². The van der Waals surface area contributed by atoms with E-state index in [-0.39, 0.29) is 16.7 Å². The molecule has 1 heterocycles. The van der Waals surface area contributed by atoms with Crippen molar-refractivity contribution in [1.82, 2.24) is 10.2 Å². The molecule has 2 N–H and O–H groups in total. The van der Waals surface area contributed by atoms with Crippen LogP contribution in [0.5, 0.6) is 0 Å². The van der Waals surface area contributed by atoms with E-state index in [4.69, 9.17) is 4.74 Å². The highest BCUT2D eigenvalue weighted by Crippen LogP contribution is 2.38. The number of nitrogens with one attached hydrogen (secondary N) is 1. The number of carboxylic acid groups (broad SMARTS) is 1. The van der Waals surface area contributed by atoms with Gasteiger partial charge in [0.25, 0.3) is 0 Å². The van der Waals surface area contributed by atoms with Gasteiger partial charge in [-0.15, -0.1) is 11.8 Å². The normalized spacial score (nSPS) is 27.6. The molecule has 2 saturated carbocycles. The quantitative estimate of drug-likeness (QED) is 0.559. The number of carbonyl (C=O) groups excluding carboxylic acids is 1. The molecule has 0 aromatic heterocycles. The fourth-order valence-electron chi connectivity index (χ4n) is 4.74. The summed E-state index contributed by atoms with van der Waals surface area (Å²) in [5.74, 6) is -0.832. The van der Waals surface area contributed by atoms with Gasteiger partial charge in [0, 0.05) is 18.7 Å². The minimum Gasteiger partial charge on any atom is -0.480 e. The van der Waals surface area contributed by atoms with Crippen molar-refractivity contribution in [2.75, 3.05) is 13.2 Å². The summed E-state index contributed by atoms with van der Waals surface area (Å²) in [4.78, 5) is 31.4. The van der Waals surface area contributed by atoms with Crippen LogP contribution in [0.25, 0.3) is 0 Å². The summed E-state index contributed by atoms with van der Waals surface area (Å²) in [5, 5.41) is 13.1. The molecule has 3 aliphatic rings. The number of carboxylic acids is 1. The molecule has 0 saturated heterocycles. The van der Waals surface area contributed by atoms with E-state index in [1.807, 2.05) is 6.92 Å². The minimum absolute atomic E-state index is 0.00571. The van der Waals surface area contributed by atoms with Gasteiger partial charge < -0.3 is 14.7 Å². The van der Waals surface area contributed by atoms with Crippen LogP contribution in [0.15, 0.2) is 4.99 Å². The maximum atomic E-state index is 13.4. The number of thioether (sulfide) groups is 2. The molecule has 3 rings (SSSR count). The van der Waals surface area contributed by atoms with E-state index in [1.54, 1.807) is 13.8 Å². The van der Waals surface area contributed by atoms with E-state index < -0.39 is 10.7 Å². The summed E-state index contributed by atoms with van der Waals surface area (Å²) in [5.41, 5.74) is 0. The van der Waals surface area contributed by atoms with Crippen LogP contribution in [0.1, 0.15) is 78.6 Å². The predicted molar refractivity (Wildman–Crippen MR) is 128 cm³/mol. The SMILES string of the molecule is CCO[C@H]1CC[C@H](N(C(=O)NC2=NCC(SC(C)(C)C(=O)O)S2)C2CCCCC2)CC1. The number of aliphatic imine (C=N–C) groups is 1. The number of rotatable bonds is 7. The first-order valence-corrected chi connectivity index (χ1v) is 13.4. The highest BCUT2D eigenvalue weighted by atomic mass is 32.2. The summed E-state index contributed by atoms with van der Waals surface area (Å²) in [6.07, 6.45) is 10.1. The number of amides is 2. The molecule has 1 aliphatic heterocycles. The third-order valence-corrected chi connectivity index (χ3v) is 9.04. The Kier molecular flexibility index (Phi) is 8.99. The Bertz CT molecular complexity index is 659. The van der Waals surface area contributed by atoms with Crippen LogP contribution in [0, 0.1) is 0 Å². The average molecular weight is 472 g/mol. The monoisotopic (exact) mass is 471 g/mol. The van der Waals surface area contributed by atoms with Gasteiger partial charge in [-0.25, -0.2) is 4.79 Å². The first-order valence-electron chi connectivity index (χ1n) is 11.6. The van der Waals surface area contributed by atoms with E-state index in [2.05, 4.69) is 15.2 Å². The third kappa shape index (κ3) is 6.78. The van der Waals surface area contributed by atoms with Crippen LogP contribution in [-0.2, 0) is 9.53 Å². The smallest absolute Gasteiger partial charge is 0.323 e. The molecule has 0 bridgehead atoms. The van der Waals surface area contributed by atoms with E-state index in [1.165, 1.54) is 42.8 Å². The van der Waals surface area contributed by atoms with E-state index >= 15 is 0 Å². The van der Waals surface area contributed by atoms with Gasteiger partial charge in [-0.1, -0.05) is 31.0 Å². The van der Waals surface area contributed by atoms with Crippen molar-refractivity contribution in [1.29, 1.82) is 0 Å². The van der Waals surface area contributed by atoms with Crippen molar-refractivity contribution in [3.05, 3.63) is 0 Å². The number of amidine groups is 1. The molecule has 0 spiro atoms. The molecule has 2 aliphatic carbocycles. The maximum Gasteiger partial charge on any atom is 0.323 e. The number of ether oxygens (including phenoxy) is 1. The van der Waals surface area contributed by atoms with Crippen molar-refractivity contribution in [2.24, 2.45) is 4.99 Å². The number of carbonyl (C=O) groups is 2. The van der Waals surface area contributed by atoms with Gasteiger partial charge in [0.2, 0.25) is 0 Å². The van der Waals surface area contributed by atoms with E-state index in [0.29, 0.717) is 23.9 Å². The molecule has 0 aromatic rings. The predicted octanol–water partition coefficient (Wildman–Crippen LogP) is 4.70. The largest absolute Gasteiger partial charge is 0.480 e. The lowest BCUT2D eigenvalue weighted by Crippen LogP contribution is -2.54. The summed E-state index contributed by atoms with van der Waals surface area (Å²) in [6.45, 7) is 6.72. The fourth-order valence-corrected chi connectivity index (χ4v) is 7.52. The van der Waals surface area contributed by atoms with Gasteiger partial charge in [0.15, 0.2) is 5.17 Å². The van der Waals surface area contributed by atoms with Crippen molar-refractivity contribution in [3.63, 3.8) is 0 Å². The second-order valence-corrected chi connectivity index (χ2v) is 12.5. The second-order valence-electron chi connectivity index (χ2n) is 9.14. The van der Waals surface area contributed by atoms with Crippen molar-refractivity contribution < 1.29 is 19.4 Å². The minimum atomic E-state index is -0.875. The van der Waals surface area contributed by atoms with Crippen molar-refractivity contribution in [3.8, 4) is 0 Å². The van der Waals surface area contributed by atoms with Crippen molar-refractivity contribution in [2.45, 2.75) is 106 Å². The van der Waals surface area contributed by atoms with Crippen LogP contribution in [0.3, 0.4) is 0 Å². The molecule has 2 fully saturated rings. The lowest BCUT2D eigenvalue weighted by molar-refractivity contribution is -0.138. The molecule has 2 amide bonds. The Morgan fingerprint density at radius 1 is 1.16 bits per heavy atom. The molecule has 0 radical (unpaired) electrons. The zero-order chi connectivity index (χ0) is 22.4. The molecule has 7 nitrogen and oxygen atoms in total. The maximum absolute atomic E-state index is 13.4. The molecular weight excluding hydrogens is 434 g/mol. The fraction of sp³-hybridized carbons (Fsp3) is 0.864. The van der Waals surface area contributed by atoms with Gasteiger partial charge in [0.1, 0.15) is 4.75 Å². The highest BCUT2D eigenvalue weighted by Gasteiger charge is 2.37. The topological polar surface area (TPSA) is 91.2 Å². The van der Waals surface area contributed by atoms with Crippen molar-refractivity contribution >= 4 is 40.7 Å². The molecular formula is C22H37N3O4S2. The van der Waals surface area contributed by atoms with Gasteiger partial charge in [-0.05, 0) is 59.3 Å². The molecule has 1 atom stereocenters. The lowest BCUT2D eigenvalue weighted by Gasteiger charge is -2.42. The zero-order valence-electron chi connectivity index (χ0n) is 19.0. The van der Waals surface area contributed by atoms with Crippen LogP contribution in [-0.4, -0.2) is 67.8 Å². The van der Waals surface area contributed by atoms with Gasteiger partial charge in [-0.3, -0.25) is 15.1 Å². The number of hydrogen-bond donors (Lipinski definition) is 2. The van der Waals surface area contributed by atoms with Crippen LogP contribution in [0.2, 0.25) is 0 Å². The standard InChI is InChI=1S/C22H37N3O4S2/c1-4-29-17-12-10-16(11-13-17)25(15-8-6-5-7-9-15)21(28)24-20-23-14-18(30-20)31-22(2,3)19(26)27/h15-18H,4-14H2,1-3H3,(H,26,27)(H,23,24,28)/t16-,17-,18?. The third-order valence-electron chi connectivity index (χ3n) is 6.42. The highest BCUT2D eigenvalue weighted by molar-refractivity contribution is 8.25. The van der Waals surface area contributed by atoms with E-state index in [0.717, 1.165) is 45.1 Å². The second kappa shape index (κ2) is 11.3. The van der Waals surface area contributed by atoms with Gasteiger partial charge >= 0.3 is 12.0 Å². The number of urea groups is 1. The Hall–Kier alpha value is -0.930. The molecule has 9 heteroatoms. The van der Waals surface area contributed by atoms with Crippen LogP contribution >= 0.6 is 23.5 Å². The molecule has 176 valence electrons. The Balaban J connectivity index is 1.59. The first kappa shape index (κ1) is 24.7. The Labute approximate surface area is 194 Å². The summed E-state index contributed by atoms with van der Waals surface area (Å²) < 4.78 is 4.94. The Morgan fingerprint density at radius 2 is 1.81 bits per heavy atom. The first-order chi connectivity index (χ1) is 14.8. The van der Waals surface area contributed by atoms with Gasteiger partial charge in [-0.2, -0.15) is 0 Å². The van der Waals surface area contributed by atoms with Crippen LogP contribution in [0.4, 0.5) is 4.79 Å². The number of hydrogen-bond acceptors (Lipinski definition) is 6. The summed E-state index contributed by atoms with van der Waals surface area (Å²) in [7, 11) is 0. The Morgan fingerprint density at radius 3 is 2.42 bits per heavy atom. The molecule has 0 aromatic carbocycles. The van der Waals surface area contributed by atoms with E-state index in [9.17, 15) is 14.7 Å². The van der Waals surface area contributed by atoms with Gasteiger partial charge in [0.05, 0.1) is 17.2 Å². The average Bonchev–Trinajstić information content (AvgIpc) is 3.16. The number of aliphatic carboxylic acids is 1. The summed E-state index contributed by atoms with van der Waals surface area (Å²) >= 11 is 2.86.